The molecule has 2 heterocycles. The smallest absolute Gasteiger partial charge is 0.257 e. The fourth-order valence-electron chi connectivity index (χ4n) is 1.99. The van der Waals surface area contributed by atoms with Crippen molar-refractivity contribution in [1.82, 2.24) is 4.98 Å². The SMILES string of the molecule is O=C(Nc1ccccc1-c1cccs1)c1ccncc1Cl. The average Bonchev–Trinajstić information content (AvgIpc) is 3.02. The van der Waals surface area contributed by atoms with Gasteiger partial charge in [-0.25, -0.2) is 0 Å². The molecule has 0 saturated heterocycles. The van der Waals surface area contributed by atoms with Crippen molar-refractivity contribution in [3.8, 4) is 10.4 Å². The van der Waals surface area contributed by atoms with E-state index >= 15 is 0 Å². The fraction of sp³-hybridized carbons (Fsp3) is 0. The number of para-hydroxylation sites is 1. The van der Waals surface area contributed by atoms with Crippen LogP contribution in [0.3, 0.4) is 0 Å². The lowest BCUT2D eigenvalue weighted by Crippen LogP contribution is -2.13. The molecule has 5 heteroatoms. The third-order valence-electron chi connectivity index (χ3n) is 2.98. The Morgan fingerprint density at radius 3 is 2.76 bits per heavy atom. The largest absolute Gasteiger partial charge is 0.321 e. The highest BCUT2D eigenvalue weighted by molar-refractivity contribution is 7.13. The number of anilines is 1. The van der Waals surface area contributed by atoms with E-state index in [1.54, 1.807) is 23.6 Å². The number of carbonyl (C=O) groups excluding carboxylic acids is 1. The monoisotopic (exact) mass is 314 g/mol. The Bertz CT molecular complexity index is 771. The molecule has 1 amide bonds. The van der Waals surface area contributed by atoms with E-state index in [1.807, 2.05) is 41.8 Å². The van der Waals surface area contributed by atoms with Gasteiger partial charge in [0.1, 0.15) is 0 Å². The second kappa shape index (κ2) is 6.08. The molecular weight excluding hydrogens is 304 g/mol. The summed E-state index contributed by atoms with van der Waals surface area (Å²) in [6.07, 6.45) is 3.01. The van der Waals surface area contributed by atoms with Gasteiger partial charge in [0.05, 0.1) is 10.6 Å². The van der Waals surface area contributed by atoms with Crippen LogP contribution in [0, 0.1) is 0 Å². The third-order valence-corrected chi connectivity index (χ3v) is 4.18. The van der Waals surface area contributed by atoms with Crippen molar-refractivity contribution in [2.75, 3.05) is 5.32 Å². The first-order valence-corrected chi connectivity index (χ1v) is 7.55. The van der Waals surface area contributed by atoms with Crippen LogP contribution in [0.15, 0.2) is 60.2 Å². The minimum Gasteiger partial charge on any atom is -0.321 e. The maximum absolute atomic E-state index is 12.3. The highest BCUT2D eigenvalue weighted by atomic mass is 35.5. The molecule has 0 atom stereocenters. The molecule has 1 aromatic carbocycles. The number of pyridine rings is 1. The number of thiophene rings is 1. The molecule has 0 aliphatic heterocycles. The summed E-state index contributed by atoms with van der Waals surface area (Å²) in [6.45, 7) is 0. The van der Waals surface area contributed by atoms with Gasteiger partial charge in [0.15, 0.2) is 0 Å². The summed E-state index contributed by atoms with van der Waals surface area (Å²) >= 11 is 7.63. The molecule has 0 aliphatic rings. The molecule has 0 unspecified atom stereocenters. The molecule has 0 radical (unpaired) electrons. The number of halogens is 1. The molecular formula is C16H11ClN2OS. The Balaban J connectivity index is 1.93. The topological polar surface area (TPSA) is 42.0 Å². The Labute approximate surface area is 131 Å². The van der Waals surface area contributed by atoms with Crippen LogP contribution < -0.4 is 5.32 Å². The van der Waals surface area contributed by atoms with Crippen LogP contribution >= 0.6 is 22.9 Å². The molecule has 3 rings (SSSR count). The molecule has 0 saturated carbocycles. The summed E-state index contributed by atoms with van der Waals surface area (Å²) in [5.41, 5.74) is 2.16. The predicted octanol–water partition coefficient (Wildman–Crippen LogP) is 4.72. The zero-order chi connectivity index (χ0) is 14.7. The second-order valence-corrected chi connectivity index (χ2v) is 5.69. The standard InChI is InChI=1S/C16H11ClN2OS/c17-13-10-18-8-7-11(13)16(20)19-14-5-2-1-4-12(14)15-6-3-9-21-15/h1-10H,(H,19,20). The molecule has 104 valence electrons. The zero-order valence-electron chi connectivity index (χ0n) is 10.9. The summed E-state index contributed by atoms with van der Waals surface area (Å²) in [6, 6.07) is 13.3. The molecule has 0 bridgehead atoms. The molecule has 21 heavy (non-hydrogen) atoms. The van der Waals surface area contributed by atoms with Gasteiger partial charge in [0.25, 0.3) is 5.91 Å². The Morgan fingerprint density at radius 1 is 1.14 bits per heavy atom. The van der Waals surface area contributed by atoms with Crippen molar-refractivity contribution in [2.45, 2.75) is 0 Å². The van der Waals surface area contributed by atoms with E-state index < -0.39 is 0 Å². The lowest BCUT2D eigenvalue weighted by atomic mass is 10.1. The van der Waals surface area contributed by atoms with E-state index in [-0.39, 0.29) is 5.91 Å². The maximum Gasteiger partial charge on any atom is 0.257 e. The minimum atomic E-state index is -0.244. The van der Waals surface area contributed by atoms with Crippen LogP contribution in [0.2, 0.25) is 5.02 Å². The normalized spacial score (nSPS) is 10.3. The second-order valence-electron chi connectivity index (χ2n) is 4.33. The average molecular weight is 315 g/mol. The van der Waals surface area contributed by atoms with Gasteiger partial charge in [0.2, 0.25) is 0 Å². The van der Waals surface area contributed by atoms with E-state index in [2.05, 4.69) is 10.3 Å². The zero-order valence-corrected chi connectivity index (χ0v) is 12.5. The quantitative estimate of drug-likeness (QED) is 0.760. The van der Waals surface area contributed by atoms with Crippen LogP contribution in [0.4, 0.5) is 5.69 Å². The van der Waals surface area contributed by atoms with Crippen LogP contribution in [-0.4, -0.2) is 10.9 Å². The molecule has 0 aliphatic carbocycles. The number of hydrogen-bond acceptors (Lipinski definition) is 3. The minimum absolute atomic E-state index is 0.244. The highest BCUT2D eigenvalue weighted by Crippen LogP contribution is 2.31. The Kier molecular flexibility index (Phi) is 3.99. The van der Waals surface area contributed by atoms with Crippen LogP contribution in [0.1, 0.15) is 10.4 Å². The summed E-state index contributed by atoms with van der Waals surface area (Å²) in [4.78, 5) is 17.3. The molecule has 0 spiro atoms. The van der Waals surface area contributed by atoms with E-state index in [4.69, 9.17) is 11.6 Å². The molecule has 3 nitrogen and oxygen atoms in total. The number of hydrogen-bond donors (Lipinski definition) is 1. The number of carbonyl (C=O) groups is 1. The van der Waals surface area contributed by atoms with Gasteiger partial charge >= 0.3 is 0 Å². The van der Waals surface area contributed by atoms with Crippen molar-refractivity contribution in [3.05, 3.63) is 70.8 Å². The lowest BCUT2D eigenvalue weighted by Gasteiger charge is -2.10. The number of nitrogens with zero attached hydrogens (tertiary/aromatic N) is 1. The third kappa shape index (κ3) is 2.96. The first-order valence-electron chi connectivity index (χ1n) is 6.29. The summed E-state index contributed by atoms with van der Waals surface area (Å²) in [5.74, 6) is -0.244. The van der Waals surface area contributed by atoms with Gasteiger partial charge in [-0.1, -0.05) is 35.9 Å². The van der Waals surface area contributed by atoms with Crippen molar-refractivity contribution >= 4 is 34.5 Å². The molecule has 0 fully saturated rings. The highest BCUT2D eigenvalue weighted by Gasteiger charge is 2.13. The fourth-order valence-corrected chi connectivity index (χ4v) is 2.96. The molecule has 1 N–H and O–H groups in total. The van der Waals surface area contributed by atoms with E-state index in [0.29, 0.717) is 10.6 Å². The van der Waals surface area contributed by atoms with Gasteiger partial charge in [0, 0.05) is 28.5 Å². The van der Waals surface area contributed by atoms with E-state index in [9.17, 15) is 4.79 Å². The van der Waals surface area contributed by atoms with Gasteiger partial charge < -0.3 is 5.32 Å². The van der Waals surface area contributed by atoms with Gasteiger partial charge in [-0.15, -0.1) is 11.3 Å². The number of nitrogens with one attached hydrogen (secondary N) is 1. The number of amides is 1. The van der Waals surface area contributed by atoms with Crippen LogP contribution in [0.25, 0.3) is 10.4 Å². The van der Waals surface area contributed by atoms with Crippen molar-refractivity contribution in [3.63, 3.8) is 0 Å². The lowest BCUT2D eigenvalue weighted by molar-refractivity contribution is 0.102. The molecule has 3 aromatic rings. The Hall–Kier alpha value is -2.17. The van der Waals surface area contributed by atoms with Crippen LogP contribution in [0.5, 0.6) is 0 Å². The van der Waals surface area contributed by atoms with Crippen molar-refractivity contribution < 1.29 is 4.79 Å². The van der Waals surface area contributed by atoms with Gasteiger partial charge in [-0.05, 0) is 23.6 Å². The van der Waals surface area contributed by atoms with Gasteiger partial charge in [-0.3, -0.25) is 9.78 Å². The first kappa shape index (κ1) is 13.8. The predicted molar refractivity (Wildman–Crippen MR) is 87.0 cm³/mol. The molecule has 2 aromatic heterocycles. The van der Waals surface area contributed by atoms with E-state index in [1.165, 1.54) is 6.20 Å². The van der Waals surface area contributed by atoms with Gasteiger partial charge in [-0.2, -0.15) is 0 Å². The maximum atomic E-state index is 12.3. The number of aromatic nitrogens is 1. The Morgan fingerprint density at radius 2 is 2.00 bits per heavy atom. The summed E-state index contributed by atoms with van der Waals surface area (Å²) in [7, 11) is 0. The summed E-state index contributed by atoms with van der Waals surface area (Å²) < 4.78 is 0. The van der Waals surface area contributed by atoms with Crippen molar-refractivity contribution in [2.24, 2.45) is 0 Å². The van der Waals surface area contributed by atoms with Crippen molar-refractivity contribution in [1.29, 1.82) is 0 Å². The first-order chi connectivity index (χ1) is 10.3. The number of rotatable bonds is 3. The number of benzene rings is 1. The van der Waals surface area contributed by atoms with E-state index in [0.717, 1.165) is 16.1 Å². The van der Waals surface area contributed by atoms with Crippen LogP contribution in [-0.2, 0) is 0 Å². The summed E-state index contributed by atoms with van der Waals surface area (Å²) in [5, 5.41) is 5.26.